The quantitative estimate of drug-likeness (QED) is 0.338. The summed E-state index contributed by atoms with van der Waals surface area (Å²) in [7, 11) is 1.85. The first kappa shape index (κ1) is 19.5. The standard InChI is InChI=1S/C19H38N4O/c1-15(2)23-13-16(3)18(14-23)22-19(20-4)21-11-12-24-17-9-7-5-6-8-10-17/h15-18H,5-14H2,1-4H3,(H2,20,21,22). The van der Waals surface area contributed by atoms with Gasteiger partial charge in [0.25, 0.3) is 0 Å². The van der Waals surface area contributed by atoms with Gasteiger partial charge in [-0.05, 0) is 32.6 Å². The van der Waals surface area contributed by atoms with E-state index in [-0.39, 0.29) is 0 Å². The van der Waals surface area contributed by atoms with Crippen molar-refractivity contribution in [1.29, 1.82) is 0 Å². The van der Waals surface area contributed by atoms with Crippen LogP contribution < -0.4 is 10.6 Å². The lowest BCUT2D eigenvalue weighted by atomic mass is 10.1. The smallest absolute Gasteiger partial charge is 0.191 e. The number of hydrogen-bond acceptors (Lipinski definition) is 3. The zero-order chi connectivity index (χ0) is 17.4. The minimum Gasteiger partial charge on any atom is -0.376 e. The Kier molecular flexibility index (Phi) is 8.33. The van der Waals surface area contributed by atoms with Crippen molar-refractivity contribution in [2.24, 2.45) is 10.9 Å². The van der Waals surface area contributed by atoms with Crippen LogP contribution in [-0.4, -0.2) is 62.3 Å². The third kappa shape index (κ3) is 6.25. The van der Waals surface area contributed by atoms with Crippen LogP contribution in [-0.2, 0) is 4.74 Å². The van der Waals surface area contributed by atoms with E-state index in [1.165, 1.54) is 38.5 Å². The third-order valence-corrected chi connectivity index (χ3v) is 5.47. The summed E-state index contributed by atoms with van der Waals surface area (Å²) in [6.45, 7) is 10.7. The van der Waals surface area contributed by atoms with Crippen LogP contribution in [0.25, 0.3) is 0 Å². The predicted molar refractivity (Wildman–Crippen MR) is 102 cm³/mol. The molecule has 2 aliphatic rings. The molecule has 24 heavy (non-hydrogen) atoms. The number of aliphatic imine (C=N–C) groups is 1. The molecule has 1 saturated carbocycles. The number of ether oxygens (including phenoxy) is 1. The molecular weight excluding hydrogens is 300 g/mol. The zero-order valence-electron chi connectivity index (χ0n) is 16.2. The SMILES string of the molecule is CN=C(NCCOC1CCCCCC1)NC1CN(C(C)C)CC1C. The van der Waals surface area contributed by atoms with Gasteiger partial charge in [-0.15, -0.1) is 0 Å². The van der Waals surface area contributed by atoms with Gasteiger partial charge in [-0.2, -0.15) is 0 Å². The molecule has 1 aliphatic heterocycles. The lowest BCUT2D eigenvalue weighted by molar-refractivity contribution is 0.0468. The molecule has 5 heteroatoms. The number of nitrogens with zero attached hydrogens (tertiary/aromatic N) is 2. The fraction of sp³-hybridized carbons (Fsp3) is 0.947. The highest BCUT2D eigenvalue weighted by Crippen LogP contribution is 2.20. The molecule has 0 spiro atoms. The molecular formula is C19H38N4O. The summed E-state index contributed by atoms with van der Waals surface area (Å²) in [5.41, 5.74) is 0. The highest BCUT2D eigenvalue weighted by Gasteiger charge is 2.31. The molecule has 0 bridgehead atoms. The van der Waals surface area contributed by atoms with Crippen molar-refractivity contribution in [3.05, 3.63) is 0 Å². The predicted octanol–water partition coefficient (Wildman–Crippen LogP) is 2.62. The third-order valence-electron chi connectivity index (χ3n) is 5.47. The maximum atomic E-state index is 6.04. The Morgan fingerprint density at radius 2 is 1.88 bits per heavy atom. The molecule has 1 heterocycles. The van der Waals surface area contributed by atoms with Gasteiger partial charge < -0.3 is 15.4 Å². The molecule has 0 aromatic rings. The van der Waals surface area contributed by atoms with Crippen molar-refractivity contribution >= 4 is 5.96 Å². The summed E-state index contributed by atoms with van der Waals surface area (Å²) in [6.07, 6.45) is 8.35. The van der Waals surface area contributed by atoms with E-state index in [2.05, 4.69) is 41.3 Å². The summed E-state index contributed by atoms with van der Waals surface area (Å²) in [4.78, 5) is 6.91. The normalized spacial score (nSPS) is 27.5. The Bertz CT molecular complexity index is 378. The topological polar surface area (TPSA) is 48.9 Å². The molecule has 2 atom stereocenters. The van der Waals surface area contributed by atoms with Crippen LogP contribution in [0.5, 0.6) is 0 Å². The van der Waals surface area contributed by atoms with Gasteiger partial charge in [-0.3, -0.25) is 9.89 Å². The lowest BCUT2D eigenvalue weighted by Gasteiger charge is -2.22. The van der Waals surface area contributed by atoms with Crippen molar-refractivity contribution in [2.45, 2.75) is 77.5 Å². The highest BCUT2D eigenvalue weighted by atomic mass is 16.5. The molecule has 2 rings (SSSR count). The van der Waals surface area contributed by atoms with E-state index in [0.717, 1.165) is 32.2 Å². The first-order chi connectivity index (χ1) is 11.6. The second-order valence-corrected chi connectivity index (χ2v) is 7.76. The fourth-order valence-electron chi connectivity index (χ4n) is 3.79. The second-order valence-electron chi connectivity index (χ2n) is 7.76. The van der Waals surface area contributed by atoms with E-state index in [4.69, 9.17) is 4.74 Å². The Labute approximate surface area is 148 Å². The van der Waals surface area contributed by atoms with Crippen LogP contribution in [0.15, 0.2) is 4.99 Å². The average molecular weight is 339 g/mol. The van der Waals surface area contributed by atoms with Gasteiger partial charge in [0.1, 0.15) is 0 Å². The Hall–Kier alpha value is -0.810. The Balaban J connectivity index is 1.65. The van der Waals surface area contributed by atoms with Gasteiger partial charge in [0.2, 0.25) is 0 Å². The average Bonchev–Trinajstić information content (AvgIpc) is 2.76. The number of likely N-dealkylation sites (tertiary alicyclic amines) is 1. The second kappa shape index (κ2) is 10.2. The zero-order valence-corrected chi connectivity index (χ0v) is 16.2. The van der Waals surface area contributed by atoms with E-state index in [1.54, 1.807) is 0 Å². The van der Waals surface area contributed by atoms with Crippen LogP contribution in [0.3, 0.4) is 0 Å². The van der Waals surface area contributed by atoms with E-state index >= 15 is 0 Å². The van der Waals surface area contributed by atoms with Crippen molar-refractivity contribution < 1.29 is 4.74 Å². The first-order valence-corrected chi connectivity index (χ1v) is 9.93. The Morgan fingerprint density at radius 3 is 2.46 bits per heavy atom. The lowest BCUT2D eigenvalue weighted by Crippen LogP contribution is -2.47. The fourth-order valence-corrected chi connectivity index (χ4v) is 3.79. The molecule has 140 valence electrons. The molecule has 5 nitrogen and oxygen atoms in total. The van der Waals surface area contributed by atoms with Crippen molar-refractivity contribution in [3.63, 3.8) is 0 Å². The van der Waals surface area contributed by atoms with Crippen molar-refractivity contribution in [1.82, 2.24) is 15.5 Å². The molecule has 0 amide bonds. The van der Waals surface area contributed by atoms with Crippen molar-refractivity contribution in [2.75, 3.05) is 33.3 Å². The van der Waals surface area contributed by atoms with Gasteiger partial charge >= 0.3 is 0 Å². The van der Waals surface area contributed by atoms with Gasteiger partial charge in [0.15, 0.2) is 5.96 Å². The molecule has 0 aromatic heterocycles. The molecule has 1 saturated heterocycles. The number of nitrogens with one attached hydrogen (secondary N) is 2. The summed E-state index contributed by atoms with van der Waals surface area (Å²) in [5.74, 6) is 1.55. The van der Waals surface area contributed by atoms with Crippen LogP contribution in [0.4, 0.5) is 0 Å². The summed E-state index contributed by atoms with van der Waals surface area (Å²) < 4.78 is 6.04. The van der Waals surface area contributed by atoms with E-state index < -0.39 is 0 Å². The van der Waals surface area contributed by atoms with Gasteiger partial charge in [-0.25, -0.2) is 0 Å². The van der Waals surface area contributed by atoms with E-state index in [1.807, 2.05) is 7.05 Å². The Morgan fingerprint density at radius 1 is 1.17 bits per heavy atom. The summed E-state index contributed by atoms with van der Waals surface area (Å²) >= 11 is 0. The monoisotopic (exact) mass is 338 g/mol. The molecule has 0 aromatic carbocycles. The van der Waals surface area contributed by atoms with Gasteiger partial charge in [-0.1, -0.05) is 32.6 Å². The molecule has 2 N–H and O–H groups in total. The van der Waals surface area contributed by atoms with Crippen LogP contribution in [0.2, 0.25) is 0 Å². The maximum Gasteiger partial charge on any atom is 0.191 e. The summed E-state index contributed by atoms with van der Waals surface area (Å²) in [5, 5.41) is 7.00. The number of hydrogen-bond donors (Lipinski definition) is 2. The van der Waals surface area contributed by atoms with Crippen molar-refractivity contribution in [3.8, 4) is 0 Å². The van der Waals surface area contributed by atoms with E-state index in [0.29, 0.717) is 24.1 Å². The minimum atomic E-state index is 0.471. The van der Waals surface area contributed by atoms with Gasteiger partial charge in [0, 0.05) is 38.8 Å². The van der Waals surface area contributed by atoms with Crippen LogP contribution in [0.1, 0.15) is 59.3 Å². The van der Waals surface area contributed by atoms with Crippen LogP contribution >= 0.6 is 0 Å². The number of guanidine groups is 1. The molecule has 2 unspecified atom stereocenters. The molecule has 1 aliphatic carbocycles. The maximum absolute atomic E-state index is 6.04. The number of rotatable bonds is 6. The van der Waals surface area contributed by atoms with Crippen LogP contribution in [0, 0.1) is 5.92 Å². The molecule has 2 fully saturated rings. The molecule has 0 radical (unpaired) electrons. The summed E-state index contributed by atoms with van der Waals surface area (Å²) in [6, 6.07) is 1.09. The largest absolute Gasteiger partial charge is 0.376 e. The highest BCUT2D eigenvalue weighted by molar-refractivity contribution is 5.80. The minimum absolute atomic E-state index is 0.471. The van der Waals surface area contributed by atoms with E-state index in [9.17, 15) is 0 Å². The first-order valence-electron chi connectivity index (χ1n) is 9.93. The van der Waals surface area contributed by atoms with Gasteiger partial charge in [0.05, 0.1) is 12.7 Å².